The van der Waals surface area contributed by atoms with Gasteiger partial charge in [-0.3, -0.25) is 0 Å². The first-order valence-corrected chi connectivity index (χ1v) is 16.9. The molecule has 0 rings (SSSR count). The number of hydrogen-bond donors (Lipinski definition) is 1. The zero-order valence-corrected chi connectivity index (χ0v) is 14.5. The van der Waals surface area contributed by atoms with Gasteiger partial charge in [0.2, 0.25) is 0 Å². The van der Waals surface area contributed by atoms with Gasteiger partial charge in [-0.15, -0.1) is 0 Å². The van der Waals surface area contributed by atoms with E-state index in [0.717, 1.165) is 12.8 Å². The third kappa shape index (κ3) is 6.59. The van der Waals surface area contributed by atoms with Gasteiger partial charge in [0.15, 0.2) is 0 Å². The maximum atomic E-state index is 8.75. The molecule has 1 N–H and O–H groups in total. The van der Waals surface area contributed by atoms with Gasteiger partial charge in [0.25, 0.3) is 0 Å². The Bertz CT molecular complexity index is 195. The second-order valence-electron chi connectivity index (χ2n) is 6.34. The summed E-state index contributed by atoms with van der Waals surface area (Å²) in [6.45, 7) is 7.72. The molecule has 0 atom stereocenters. The maximum absolute atomic E-state index is 8.75. The molecule has 0 aromatic heterocycles. The Hall–Kier alpha value is 0.460. The molecule has 1 nitrogen and oxygen atoms in total. The van der Waals surface area contributed by atoms with E-state index in [0.29, 0.717) is 6.61 Å². The van der Waals surface area contributed by atoms with Crippen molar-refractivity contribution < 1.29 is 5.11 Å². The van der Waals surface area contributed by atoms with E-state index in [1.54, 1.807) is 0 Å². The van der Waals surface area contributed by atoms with Crippen LogP contribution in [0.3, 0.4) is 0 Å². The molecular weight excluding hydrogens is 261 g/mol. The predicted molar refractivity (Wildman–Crippen MR) is 75.7 cm³/mol. The van der Waals surface area contributed by atoms with Gasteiger partial charge in [-0.2, -0.15) is 0 Å². The Morgan fingerprint density at radius 3 is 2.00 bits per heavy atom. The van der Waals surface area contributed by atoms with Gasteiger partial charge in [-0.25, -0.2) is 0 Å². The molecule has 90 valence electrons. The van der Waals surface area contributed by atoms with Gasteiger partial charge in [0.1, 0.15) is 0 Å². The van der Waals surface area contributed by atoms with E-state index in [4.69, 9.17) is 5.11 Å². The topological polar surface area (TPSA) is 20.2 Å². The molecule has 0 amide bonds. The van der Waals surface area contributed by atoms with E-state index in [9.17, 15) is 0 Å². The molecule has 0 aromatic carbocycles. The first kappa shape index (κ1) is 15.5. The number of aliphatic hydroxyl groups excluding tert-OH is 1. The third-order valence-electron chi connectivity index (χ3n) is 2.58. The molecule has 0 radical (unpaired) electrons. The van der Waals surface area contributed by atoms with Crippen molar-refractivity contribution in [1.82, 2.24) is 0 Å². The van der Waals surface area contributed by atoms with Gasteiger partial charge in [-0.1, -0.05) is 0 Å². The molecular formula is C12H28GeOSi. The SMILES string of the molecule is C[Si](C)(C)/[C](=C\CCCCO)[Ge]([CH3])([CH3])[CH3]. The van der Waals surface area contributed by atoms with Gasteiger partial charge in [0, 0.05) is 0 Å². The van der Waals surface area contributed by atoms with Crippen LogP contribution in [0.4, 0.5) is 0 Å². The molecule has 0 unspecified atom stereocenters. The van der Waals surface area contributed by atoms with E-state index in [2.05, 4.69) is 43.0 Å². The van der Waals surface area contributed by atoms with E-state index < -0.39 is 21.3 Å². The van der Waals surface area contributed by atoms with Gasteiger partial charge in [0.05, 0.1) is 0 Å². The van der Waals surface area contributed by atoms with E-state index in [1.807, 2.05) is 4.03 Å². The van der Waals surface area contributed by atoms with Crippen LogP contribution in [0, 0.1) is 0 Å². The Morgan fingerprint density at radius 1 is 1.13 bits per heavy atom. The molecule has 15 heavy (non-hydrogen) atoms. The first-order valence-electron chi connectivity index (χ1n) is 6.01. The summed E-state index contributed by atoms with van der Waals surface area (Å²) in [4.78, 5) is 0. The Labute approximate surface area is 99.3 Å². The average molecular weight is 289 g/mol. The van der Waals surface area contributed by atoms with Crippen LogP contribution in [0.25, 0.3) is 0 Å². The summed E-state index contributed by atoms with van der Waals surface area (Å²) >= 11 is -1.62. The Kier molecular flexibility index (Phi) is 6.45. The van der Waals surface area contributed by atoms with Crippen LogP contribution in [-0.2, 0) is 0 Å². The van der Waals surface area contributed by atoms with Crippen molar-refractivity contribution in [2.75, 3.05) is 6.61 Å². The molecule has 0 aliphatic heterocycles. The quantitative estimate of drug-likeness (QED) is 0.582. The fourth-order valence-electron chi connectivity index (χ4n) is 2.24. The first-order chi connectivity index (χ1) is 6.69. The fourth-order valence-corrected chi connectivity index (χ4v) is 21.0. The van der Waals surface area contributed by atoms with Crippen molar-refractivity contribution in [3.05, 3.63) is 10.1 Å². The number of allylic oxidation sites excluding steroid dienone is 1. The zero-order chi connectivity index (χ0) is 12.1. The molecule has 3 heteroatoms. The second-order valence-corrected chi connectivity index (χ2v) is 23.0. The standard InChI is InChI=1S/C12H28GeOSi/c1-13(2,3)12(15(4,5)6)10-8-7-9-11-14/h10,14H,7-9,11H2,1-6H3/b12-10-. The molecule has 0 aliphatic rings. The van der Waals surface area contributed by atoms with E-state index in [1.165, 1.54) is 6.42 Å². The van der Waals surface area contributed by atoms with Crippen LogP contribution in [-0.4, -0.2) is 33.1 Å². The monoisotopic (exact) mass is 290 g/mol. The van der Waals surface area contributed by atoms with E-state index >= 15 is 0 Å². The van der Waals surface area contributed by atoms with Crippen LogP contribution in [0.15, 0.2) is 10.1 Å². The fraction of sp³-hybridized carbons (Fsp3) is 0.833. The van der Waals surface area contributed by atoms with Crippen LogP contribution in [0.5, 0.6) is 0 Å². The van der Waals surface area contributed by atoms with Gasteiger partial charge >= 0.3 is 99.3 Å². The number of hydrogen-bond acceptors (Lipinski definition) is 1. The summed E-state index contributed by atoms with van der Waals surface area (Å²) in [5.41, 5.74) is 0. The Balaban J connectivity index is 4.52. The summed E-state index contributed by atoms with van der Waals surface area (Å²) in [7, 11) is -1.10. The van der Waals surface area contributed by atoms with Crippen LogP contribution >= 0.6 is 0 Å². The van der Waals surface area contributed by atoms with Crippen molar-refractivity contribution in [2.24, 2.45) is 0 Å². The number of rotatable bonds is 6. The molecule has 0 heterocycles. The molecule has 0 aromatic rings. The van der Waals surface area contributed by atoms with Crippen molar-refractivity contribution in [3.63, 3.8) is 0 Å². The predicted octanol–water partition coefficient (Wildman–Crippen LogP) is 3.83. The molecule has 0 spiro atoms. The summed E-state index contributed by atoms with van der Waals surface area (Å²) in [6, 6.07) is 0. The summed E-state index contributed by atoms with van der Waals surface area (Å²) in [5, 5.41) is 8.75. The molecule has 0 saturated carbocycles. The van der Waals surface area contributed by atoms with Crippen molar-refractivity contribution in [1.29, 1.82) is 0 Å². The minimum absolute atomic E-state index is 0.340. The molecule has 0 fully saturated rings. The van der Waals surface area contributed by atoms with Gasteiger partial charge in [-0.05, 0) is 0 Å². The summed E-state index contributed by atoms with van der Waals surface area (Å²) in [5.74, 6) is 7.49. The third-order valence-corrected chi connectivity index (χ3v) is 16.8. The minimum atomic E-state index is -1.62. The zero-order valence-electron chi connectivity index (χ0n) is 11.4. The molecule has 0 bridgehead atoms. The Morgan fingerprint density at radius 2 is 1.67 bits per heavy atom. The second kappa shape index (κ2) is 6.26. The van der Waals surface area contributed by atoms with Crippen LogP contribution in [0.1, 0.15) is 19.3 Å². The number of unbranched alkanes of at least 4 members (excludes halogenated alkanes) is 2. The van der Waals surface area contributed by atoms with Gasteiger partial charge < -0.3 is 0 Å². The normalized spacial score (nSPS) is 14.5. The van der Waals surface area contributed by atoms with Crippen molar-refractivity contribution in [2.45, 2.75) is 56.2 Å². The summed E-state index contributed by atoms with van der Waals surface area (Å²) < 4.78 is 1.85. The molecule has 0 aliphatic carbocycles. The van der Waals surface area contributed by atoms with Crippen LogP contribution < -0.4 is 0 Å². The van der Waals surface area contributed by atoms with Crippen LogP contribution in [0.2, 0.25) is 36.9 Å². The van der Waals surface area contributed by atoms with Crippen molar-refractivity contribution in [3.8, 4) is 0 Å². The molecule has 0 saturated heterocycles. The van der Waals surface area contributed by atoms with Crippen molar-refractivity contribution >= 4 is 21.3 Å². The average Bonchev–Trinajstić information content (AvgIpc) is 1.99. The number of aliphatic hydroxyl groups is 1. The summed E-state index contributed by atoms with van der Waals surface area (Å²) in [6.07, 6.45) is 5.78. The van der Waals surface area contributed by atoms with E-state index in [-0.39, 0.29) is 0 Å².